The molecule has 0 spiro atoms. The van der Waals surface area contributed by atoms with Crippen molar-refractivity contribution in [3.63, 3.8) is 0 Å². The molecule has 0 unspecified atom stereocenters. The van der Waals surface area contributed by atoms with E-state index in [2.05, 4.69) is 42.4 Å². The summed E-state index contributed by atoms with van der Waals surface area (Å²) in [6, 6.07) is 7.15. The van der Waals surface area contributed by atoms with E-state index < -0.39 is 0 Å². The third-order valence-electron chi connectivity index (χ3n) is 3.81. The lowest BCUT2D eigenvalue weighted by Gasteiger charge is -2.36. The maximum Gasteiger partial charge on any atom is 0.0471 e. The Kier molecular flexibility index (Phi) is 4.90. The minimum atomic E-state index is 0.713. The van der Waals surface area contributed by atoms with Crippen LogP contribution in [0.4, 0.5) is 5.69 Å². The molecule has 1 aromatic carbocycles. The molecule has 18 heavy (non-hydrogen) atoms. The number of rotatable bonds is 6. The Balaban J connectivity index is 1.99. The van der Waals surface area contributed by atoms with E-state index in [4.69, 9.17) is 11.6 Å². The third kappa shape index (κ3) is 3.18. The molecule has 0 saturated heterocycles. The molecule has 0 amide bonds. The summed E-state index contributed by atoms with van der Waals surface area (Å²) in [5.41, 5.74) is 2.43. The van der Waals surface area contributed by atoms with Crippen molar-refractivity contribution in [3.8, 4) is 0 Å². The van der Waals surface area contributed by atoms with E-state index >= 15 is 0 Å². The number of anilines is 1. The lowest BCUT2D eigenvalue weighted by molar-refractivity contribution is 0.401. The minimum absolute atomic E-state index is 0.713. The maximum absolute atomic E-state index is 6.35. The van der Waals surface area contributed by atoms with E-state index in [1.807, 2.05) is 0 Å². The van der Waals surface area contributed by atoms with Gasteiger partial charge in [-0.3, -0.25) is 0 Å². The van der Waals surface area contributed by atoms with Gasteiger partial charge in [0.15, 0.2) is 0 Å². The maximum atomic E-state index is 6.35. The highest BCUT2D eigenvalue weighted by Crippen LogP contribution is 2.30. The first kappa shape index (κ1) is 13.7. The van der Waals surface area contributed by atoms with Crippen molar-refractivity contribution in [1.29, 1.82) is 0 Å². The summed E-state index contributed by atoms with van der Waals surface area (Å²) in [4.78, 5) is 2.36. The second-order valence-corrected chi connectivity index (χ2v) is 5.56. The van der Waals surface area contributed by atoms with Crippen molar-refractivity contribution in [2.24, 2.45) is 0 Å². The Morgan fingerprint density at radius 2 is 2.17 bits per heavy atom. The normalized spacial score (nSPS) is 15.5. The zero-order valence-electron chi connectivity index (χ0n) is 11.4. The molecular weight excluding hydrogens is 244 g/mol. The van der Waals surface area contributed by atoms with Crippen LogP contribution < -0.4 is 10.2 Å². The molecule has 1 saturated carbocycles. The van der Waals surface area contributed by atoms with Gasteiger partial charge in [0, 0.05) is 30.3 Å². The second-order valence-electron chi connectivity index (χ2n) is 5.15. The van der Waals surface area contributed by atoms with Crippen molar-refractivity contribution in [3.05, 3.63) is 28.8 Å². The largest absolute Gasteiger partial charge is 0.372 e. The molecule has 2 nitrogen and oxygen atoms in total. The van der Waals surface area contributed by atoms with Crippen LogP contribution in [-0.4, -0.2) is 19.6 Å². The molecule has 0 heterocycles. The Morgan fingerprint density at radius 3 is 2.72 bits per heavy atom. The number of hydrogen-bond acceptors (Lipinski definition) is 2. The smallest absolute Gasteiger partial charge is 0.0471 e. The van der Waals surface area contributed by atoms with E-state index in [1.165, 1.54) is 30.5 Å². The van der Waals surface area contributed by atoms with E-state index in [1.54, 1.807) is 0 Å². The quantitative estimate of drug-likeness (QED) is 0.788. The van der Waals surface area contributed by atoms with E-state index in [9.17, 15) is 0 Å². The highest BCUT2D eigenvalue weighted by atomic mass is 35.5. The van der Waals surface area contributed by atoms with Crippen LogP contribution in [0.1, 0.15) is 38.2 Å². The number of nitrogens with zero attached hydrogens (tertiary/aromatic N) is 1. The Bertz CT molecular complexity index is 388. The van der Waals surface area contributed by atoms with Crippen molar-refractivity contribution in [2.75, 3.05) is 18.5 Å². The monoisotopic (exact) mass is 266 g/mol. The molecule has 1 aromatic rings. The topological polar surface area (TPSA) is 15.3 Å². The molecule has 0 bridgehead atoms. The zero-order chi connectivity index (χ0) is 13.0. The predicted octanol–water partition coefficient (Wildman–Crippen LogP) is 3.83. The molecular formula is C15H23ClN2. The van der Waals surface area contributed by atoms with Crippen LogP contribution >= 0.6 is 11.6 Å². The van der Waals surface area contributed by atoms with Crippen LogP contribution in [0.3, 0.4) is 0 Å². The van der Waals surface area contributed by atoms with E-state index in [0.29, 0.717) is 6.04 Å². The molecule has 1 aliphatic carbocycles. The molecule has 1 fully saturated rings. The summed E-state index contributed by atoms with van der Waals surface area (Å²) in [6.07, 6.45) is 5.14. The summed E-state index contributed by atoms with van der Waals surface area (Å²) in [5.74, 6) is 0. The summed E-state index contributed by atoms with van der Waals surface area (Å²) in [7, 11) is 2.17. The Hall–Kier alpha value is -0.730. The number of hydrogen-bond donors (Lipinski definition) is 1. The molecule has 0 aliphatic heterocycles. The van der Waals surface area contributed by atoms with Gasteiger partial charge in [0.2, 0.25) is 0 Å². The molecule has 3 heteroatoms. The average molecular weight is 267 g/mol. The highest BCUT2D eigenvalue weighted by Gasteiger charge is 2.22. The van der Waals surface area contributed by atoms with Crippen molar-refractivity contribution in [2.45, 2.75) is 45.2 Å². The fourth-order valence-electron chi connectivity index (χ4n) is 2.28. The minimum Gasteiger partial charge on any atom is -0.372 e. The number of halogens is 1. The standard InChI is InChI=1S/C15H23ClN2/c1-3-9-17-11-12-7-8-14(10-15(12)16)18(2)13-5-4-6-13/h7-8,10,13,17H,3-6,9,11H2,1-2H3. The van der Waals surface area contributed by atoms with E-state index in [0.717, 1.165) is 24.5 Å². The van der Waals surface area contributed by atoms with E-state index in [-0.39, 0.29) is 0 Å². The van der Waals surface area contributed by atoms with Crippen LogP contribution in [-0.2, 0) is 6.54 Å². The van der Waals surface area contributed by atoms with Gasteiger partial charge in [-0.05, 0) is 49.9 Å². The predicted molar refractivity (Wildman–Crippen MR) is 79.5 cm³/mol. The lowest BCUT2D eigenvalue weighted by Crippen LogP contribution is -2.37. The number of benzene rings is 1. The summed E-state index contributed by atoms with van der Waals surface area (Å²) >= 11 is 6.35. The van der Waals surface area contributed by atoms with Gasteiger partial charge in [-0.25, -0.2) is 0 Å². The molecule has 1 aliphatic rings. The van der Waals surface area contributed by atoms with Gasteiger partial charge in [-0.2, -0.15) is 0 Å². The highest BCUT2D eigenvalue weighted by molar-refractivity contribution is 6.31. The van der Waals surface area contributed by atoms with Crippen molar-refractivity contribution >= 4 is 17.3 Å². The summed E-state index contributed by atoms with van der Waals surface area (Å²) < 4.78 is 0. The SMILES string of the molecule is CCCNCc1ccc(N(C)C2CCC2)cc1Cl. The van der Waals surface area contributed by atoms with Gasteiger partial charge in [0.05, 0.1) is 0 Å². The van der Waals surface area contributed by atoms with Crippen LogP contribution in [0.5, 0.6) is 0 Å². The fourth-order valence-corrected chi connectivity index (χ4v) is 2.53. The van der Waals surface area contributed by atoms with Crippen LogP contribution in [0.15, 0.2) is 18.2 Å². The molecule has 2 rings (SSSR count). The first-order chi connectivity index (χ1) is 8.72. The molecule has 0 aromatic heterocycles. The van der Waals surface area contributed by atoms with Gasteiger partial charge in [-0.15, -0.1) is 0 Å². The summed E-state index contributed by atoms with van der Waals surface area (Å²) in [5, 5.41) is 4.27. The second kappa shape index (κ2) is 6.44. The number of nitrogens with one attached hydrogen (secondary N) is 1. The van der Waals surface area contributed by atoms with Gasteiger partial charge in [-0.1, -0.05) is 24.6 Å². The zero-order valence-corrected chi connectivity index (χ0v) is 12.1. The summed E-state index contributed by atoms with van der Waals surface area (Å²) in [6.45, 7) is 4.07. The van der Waals surface area contributed by atoms with Gasteiger partial charge in [0.25, 0.3) is 0 Å². The Labute approximate surface area is 115 Å². The van der Waals surface area contributed by atoms with Crippen LogP contribution in [0.2, 0.25) is 5.02 Å². The van der Waals surface area contributed by atoms with Gasteiger partial charge in [0.1, 0.15) is 0 Å². The van der Waals surface area contributed by atoms with Crippen LogP contribution in [0.25, 0.3) is 0 Å². The van der Waals surface area contributed by atoms with Gasteiger partial charge >= 0.3 is 0 Å². The molecule has 100 valence electrons. The first-order valence-electron chi connectivity index (χ1n) is 6.94. The van der Waals surface area contributed by atoms with Crippen molar-refractivity contribution in [1.82, 2.24) is 5.32 Å². The Morgan fingerprint density at radius 1 is 1.39 bits per heavy atom. The van der Waals surface area contributed by atoms with Crippen LogP contribution in [0, 0.1) is 0 Å². The fraction of sp³-hybridized carbons (Fsp3) is 0.600. The average Bonchev–Trinajstić information content (AvgIpc) is 2.29. The first-order valence-corrected chi connectivity index (χ1v) is 7.32. The molecule has 0 radical (unpaired) electrons. The lowest BCUT2D eigenvalue weighted by atomic mass is 9.91. The molecule has 0 atom stereocenters. The van der Waals surface area contributed by atoms with Gasteiger partial charge < -0.3 is 10.2 Å². The van der Waals surface area contributed by atoms with Crippen molar-refractivity contribution < 1.29 is 0 Å². The molecule has 1 N–H and O–H groups in total. The third-order valence-corrected chi connectivity index (χ3v) is 4.16.